The van der Waals surface area contributed by atoms with E-state index in [1.165, 1.54) is 0 Å². The lowest BCUT2D eigenvalue weighted by Gasteiger charge is -2.35. The number of rotatable bonds is 3. The maximum Gasteiger partial charge on any atom is 0.252 e. The predicted molar refractivity (Wildman–Crippen MR) is 94.1 cm³/mol. The quantitative estimate of drug-likeness (QED) is 0.543. The van der Waals surface area contributed by atoms with Crippen LogP contribution in [0.5, 0.6) is 0 Å². The van der Waals surface area contributed by atoms with Crippen molar-refractivity contribution in [2.75, 3.05) is 6.54 Å². The van der Waals surface area contributed by atoms with Gasteiger partial charge in [-0.3, -0.25) is 4.79 Å². The zero-order chi connectivity index (χ0) is 15.6. The molecule has 1 aliphatic carbocycles. The molecule has 0 aromatic heterocycles. The van der Waals surface area contributed by atoms with Crippen LogP contribution in [0.3, 0.4) is 0 Å². The molecule has 0 heterocycles. The van der Waals surface area contributed by atoms with Gasteiger partial charge in [-0.2, -0.15) is 0 Å². The predicted octanol–water partition coefficient (Wildman–Crippen LogP) is 4.27. The molecule has 116 valence electrons. The molecule has 3 nitrogen and oxygen atoms in total. The molecule has 0 spiro atoms. The van der Waals surface area contributed by atoms with Gasteiger partial charge in [-0.05, 0) is 66.3 Å². The van der Waals surface area contributed by atoms with Crippen LogP contribution in [0.2, 0.25) is 10.0 Å². The van der Waals surface area contributed by atoms with Crippen molar-refractivity contribution in [2.45, 2.75) is 38.2 Å². The van der Waals surface area contributed by atoms with Crippen molar-refractivity contribution < 1.29 is 9.90 Å². The number of halogens is 3. The van der Waals surface area contributed by atoms with Gasteiger partial charge in [-0.1, -0.05) is 30.1 Å². The minimum atomic E-state index is -0.796. The van der Waals surface area contributed by atoms with Crippen LogP contribution in [0.1, 0.15) is 43.0 Å². The van der Waals surface area contributed by atoms with Crippen LogP contribution in [0.25, 0.3) is 0 Å². The third-order valence-corrected chi connectivity index (χ3v) is 6.02. The van der Waals surface area contributed by atoms with Crippen LogP contribution in [-0.4, -0.2) is 23.2 Å². The lowest BCUT2D eigenvalue weighted by atomic mass is 9.79. The number of benzene rings is 1. The molecule has 1 aromatic rings. The number of amides is 1. The maximum absolute atomic E-state index is 12.3. The van der Waals surface area contributed by atoms with E-state index >= 15 is 0 Å². The van der Waals surface area contributed by atoms with Gasteiger partial charge < -0.3 is 10.4 Å². The number of hydrogen-bond donors (Lipinski definition) is 2. The highest BCUT2D eigenvalue weighted by Crippen LogP contribution is 2.31. The van der Waals surface area contributed by atoms with E-state index in [0.717, 1.165) is 25.7 Å². The van der Waals surface area contributed by atoms with E-state index in [0.29, 0.717) is 25.1 Å². The normalized spacial score (nSPS) is 25.7. The van der Waals surface area contributed by atoms with Crippen molar-refractivity contribution >= 4 is 51.7 Å². The molecule has 2 rings (SSSR count). The van der Waals surface area contributed by atoms with Crippen molar-refractivity contribution in [3.63, 3.8) is 0 Å². The summed E-state index contributed by atoms with van der Waals surface area (Å²) in [5, 5.41) is 14.2. The lowest BCUT2D eigenvalue weighted by molar-refractivity contribution is -0.00540. The highest BCUT2D eigenvalue weighted by Gasteiger charge is 2.32. The number of carbonyl (C=O) groups excluding carboxylic acids is 1. The van der Waals surface area contributed by atoms with E-state index in [1.807, 2.05) is 22.6 Å². The van der Waals surface area contributed by atoms with Gasteiger partial charge in [0.05, 0.1) is 16.2 Å². The monoisotopic (exact) mass is 441 g/mol. The lowest BCUT2D eigenvalue weighted by Crippen LogP contribution is -2.45. The van der Waals surface area contributed by atoms with Crippen LogP contribution in [0.15, 0.2) is 12.1 Å². The zero-order valence-electron chi connectivity index (χ0n) is 11.8. The van der Waals surface area contributed by atoms with Gasteiger partial charge in [-0.15, -0.1) is 0 Å². The Morgan fingerprint density at radius 1 is 1.43 bits per heavy atom. The average molecular weight is 442 g/mol. The first-order valence-corrected chi connectivity index (χ1v) is 8.79. The van der Waals surface area contributed by atoms with Crippen LogP contribution in [-0.2, 0) is 0 Å². The third kappa shape index (κ3) is 4.47. The van der Waals surface area contributed by atoms with E-state index in [2.05, 4.69) is 12.2 Å². The van der Waals surface area contributed by atoms with Gasteiger partial charge in [0.25, 0.3) is 5.91 Å². The van der Waals surface area contributed by atoms with E-state index in [9.17, 15) is 9.90 Å². The van der Waals surface area contributed by atoms with Crippen molar-refractivity contribution in [3.05, 3.63) is 31.3 Å². The number of carbonyl (C=O) groups is 1. The molecule has 1 aromatic carbocycles. The van der Waals surface area contributed by atoms with E-state index in [-0.39, 0.29) is 12.5 Å². The Bertz CT molecular complexity index is 543. The molecular weight excluding hydrogens is 424 g/mol. The molecule has 6 heteroatoms. The van der Waals surface area contributed by atoms with Crippen molar-refractivity contribution in [2.24, 2.45) is 5.92 Å². The van der Waals surface area contributed by atoms with Crippen LogP contribution in [0, 0.1) is 9.49 Å². The minimum absolute atomic E-state index is 0.254. The summed E-state index contributed by atoms with van der Waals surface area (Å²) in [6.07, 6.45) is 3.43. The van der Waals surface area contributed by atoms with Crippen molar-refractivity contribution in [1.82, 2.24) is 5.32 Å². The number of aliphatic hydroxyl groups is 1. The van der Waals surface area contributed by atoms with Gasteiger partial charge in [0.2, 0.25) is 0 Å². The maximum atomic E-state index is 12.3. The third-order valence-electron chi connectivity index (χ3n) is 4.02. The zero-order valence-corrected chi connectivity index (χ0v) is 15.4. The molecule has 1 fully saturated rings. The van der Waals surface area contributed by atoms with E-state index in [1.54, 1.807) is 12.1 Å². The second-order valence-corrected chi connectivity index (χ2v) is 7.76. The first-order chi connectivity index (χ1) is 9.81. The largest absolute Gasteiger partial charge is 0.388 e. The molecule has 0 saturated heterocycles. The fourth-order valence-corrected chi connectivity index (χ4v) is 3.59. The van der Waals surface area contributed by atoms with Gasteiger partial charge >= 0.3 is 0 Å². The number of hydrogen-bond acceptors (Lipinski definition) is 2. The van der Waals surface area contributed by atoms with Crippen molar-refractivity contribution in [1.29, 1.82) is 0 Å². The molecule has 0 unspecified atom stereocenters. The van der Waals surface area contributed by atoms with Crippen LogP contribution >= 0.6 is 45.8 Å². The summed E-state index contributed by atoms with van der Waals surface area (Å²) in [5.74, 6) is 0.393. The van der Waals surface area contributed by atoms with Gasteiger partial charge in [0, 0.05) is 15.1 Å². The standard InChI is InChI=1S/C15H18Cl2INO2/c1-9-2-4-15(21,5-3-9)8-19-14(20)11-6-10(16)7-12(17)13(11)18/h6-7,9,21H,2-5,8H2,1H3,(H,19,20). The fraction of sp³-hybridized carbons (Fsp3) is 0.533. The Kier molecular flexibility index (Phi) is 5.79. The summed E-state index contributed by atoms with van der Waals surface area (Å²) in [5.41, 5.74) is -0.350. The molecule has 1 aliphatic rings. The highest BCUT2D eigenvalue weighted by atomic mass is 127. The first kappa shape index (κ1) is 17.3. The fourth-order valence-electron chi connectivity index (χ4n) is 2.54. The Hall–Kier alpha value is -0.0400. The SMILES string of the molecule is CC1CCC(O)(CNC(=O)c2cc(Cl)cc(Cl)c2I)CC1. The average Bonchev–Trinajstić information content (AvgIpc) is 2.44. The Morgan fingerprint density at radius 3 is 2.67 bits per heavy atom. The molecule has 21 heavy (non-hydrogen) atoms. The summed E-state index contributed by atoms with van der Waals surface area (Å²) in [6.45, 7) is 2.45. The molecule has 0 aliphatic heterocycles. The van der Waals surface area contributed by atoms with Gasteiger partial charge in [-0.25, -0.2) is 0 Å². The second kappa shape index (κ2) is 7.02. The molecule has 0 radical (unpaired) electrons. The summed E-state index contributed by atoms with van der Waals surface area (Å²) >= 11 is 14.0. The van der Waals surface area contributed by atoms with Crippen molar-refractivity contribution in [3.8, 4) is 0 Å². The summed E-state index contributed by atoms with van der Waals surface area (Å²) in [4.78, 5) is 12.3. The van der Waals surface area contributed by atoms with Crippen LogP contribution < -0.4 is 5.32 Å². The Labute approximate surface area is 148 Å². The molecule has 0 atom stereocenters. The first-order valence-electron chi connectivity index (χ1n) is 6.96. The molecular formula is C15H18Cl2INO2. The van der Waals surface area contributed by atoms with E-state index in [4.69, 9.17) is 23.2 Å². The Balaban J connectivity index is 2.02. The van der Waals surface area contributed by atoms with E-state index < -0.39 is 5.60 Å². The topological polar surface area (TPSA) is 49.3 Å². The molecule has 1 amide bonds. The molecule has 1 saturated carbocycles. The summed E-state index contributed by atoms with van der Waals surface area (Å²) in [6, 6.07) is 3.20. The minimum Gasteiger partial charge on any atom is -0.388 e. The van der Waals surface area contributed by atoms with Gasteiger partial charge in [0.1, 0.15) is 0 Å². The number of nitrogens with one attached hydrogen (secondary N) is 1. The van der Waals surface area contributed by atoms with Crippen LogP contribution in [0.4, 0.5) is 0 Å². The smallest absolute Gasteiger partial charge is 0.252 e. The van der Waals surface area contributed by atoms with Gasteiger partial charge in [0.15, 0.2) is 0 Å². The molecule has 2 N–H and O–H groups in total. The highest BCUT2D eigenvalue weighted by molar-refractivity contribution is 14.1. The second-order valence-electron chi connectivity index (χ2n) is 5.84. The molecule has 0 bridgehead atoms. The summed E-state index contributed by atoms with van der Waals surface area (Å²) in [7, 11) is 0. The Morgan fingerprint density at radius 2 is 2.05 bits per heavy atom. The summed E-state index contributed by atoms with van der Waals surface area (Å²) < 4.78 is 0.667.